The van der Waals surface area contributed by atoms with E-state index >= 15 is 0 Å². The van der Waals surface area contributed by atoms with Crippen LogP contribution in [-0.4, -0.2) is 64.8 Å². The molecule has 59 heavy (non-hydrogen) atoms. The lowest BCUT2D eigenvalue weighted by Gasteiger charge is -2.26. The van der Waals surface area contributed by atoms with Gasteiger partial charge < -0.3 is 31.7 Å². The van der Waals surface area contributed by atoms with Crippen LogP contribution in [0.3, 0.4) is 0 Å². The zero-order valence-electron chi connectivity index (χ0n) is 32.4. The summed E-state index contributed by atoms with van der Waals surface area (Å²) in [4.78, 5) is 81.5. The van der Waals surface area contributed by atoms with Crippen LogP contribution in [-0.2, 0) is 54.5 Å². The van der Waals surface area contributed by atoms with Gasteiger partial charge in [0.15, 0.2) is 0 Å². The maximum atomic E-state index is 14.5. The summed E-state index contributed by atoms with van der Waals surface area (Å²) in [6.07, 6.45) is 0.208. The minimum absolute atomic E-state index is 0.0189. The van der Waals surface area contributed by atoms with E-state index in [1.165, 1.54) is 0 Å². The number of carbonyl (C=O) groups is 6. The van der Waals surface area contributed by atoms with Gasteiger partial charge in [-0.15, -0.1) is 0 Å². The molecule has 5 amide bonds. The van der Waals surface area contributed by atoms with Crippen LogP contribution < -0.4 is 26.6 Å². The summed E-state index contributed by atoms with van der Waals surface area (Å²) in [6.45, 7) is 0. The number of fused-ring (bicyclic) bond motifs is 18. The molecule has 0 fully saturated rings. The number of aryl methyl sites for hydroxylation is 1. The fourth-order valence-electron chi connectivity index (χ4n) is 6.93. The molecule has 2 aliphatic rings. The Morgan fingerprint density at radius 1 is 0.525 bits per heavy atom. The zero-order valence-corrected chi connectivity index (χ0v) is 32.4. The van der Waals surface area contributed by atoms with E-state index < -0.39 is 59.7 Å². The first-order chi connectivity index (χ1) is 28.6. The van der Waals surface area contributed by atoms with Crippen molar-refractivity contribution in [2.75, 3.05) is 5.32 Å². The van der Waals surface area contributed by atoms with Crippen LogP contribution >= 0.6 is 0 Å². The fourth-order valence-corrected chi connectivity index (χ4v) is 6.93. The molecule has 4 atom stereocenters. The Balaban J connectivity index is 1.35. The molecular formula is C47H47N5O7. The number of anilines is 1. The Morgan fingerprint density at radius 3 is 1.69 bits per heavy atom. The summed E-state index contributed by atoms with van der Waals surface area (Å²) in [5.41, 5.74) is 5.22. The van der Waals surface area contributed by atoms with Gasteiger partial charge in [0, 0.05) is 37.8 Å². The minimum atomic E-state index is -1.36. The van der Waals surface area contributed by atoms with E-state index in [-0.39, 0.29) is 38.5 Å². The van der Waals surface area contributed by atoms with Crippen molar-refractivity contribution in [2.24, 2.45) is 0 Å². The van der Waals surface area contributed by atoms with E-state index in [9.17, 15) is 33.9 Å². The largest absolute Gasteiger partial charge is 0.480 e. The Morgan fingerprint density at radius 2 is 1.05 bits per heavy atom. The average Bonchev–Trinajstić information content (AvgIpc) is 3.25. The second-order valence-corrected chi connectivity index (χ2v) is 14.6. The second kappa shape index (κ2) is 20.4. The lowest BCUT2D eigenvalue weighted by molar-refractivity contribution is -0.142. The highest BCUT2D eigenvalue weighted by molar-refractivity contribution is 5.96. The summed E-state index contributed by atoms with van der Waals surface area (Å²) in [7, 11) is 0. The predicted octanol–water partition coefficient (Wildman–Crippen LogP) is 4.77. The van der Waals surface area contributed by atoms with Crippen molar-refractivity contribution in [1.82, 2.24) is 21.3 Å². The molecule has 0 aliphatic carbocycles. The third kappa shape index (κ3) is 12.5. The van der Waals surface area contributed by atoms with Gasteiger partial charge in [0.1, 0.15) is 24.2 Å². The van der Waals surface area contributed by atoms with Crippen molar-refractivity contribution in [3.8, 4) is 11.1 Å². The standard InChI is InChI=1S/C47H47N5O7/c53-42-25-26-43(54)49-38(24-21-31-11-4-1-5-12-31)44(55)50-40(30-34-15-10-18-36(27-34)35-16-8-3-9-17-35)45(56)51-39(28-32-13-6-2-7-14-32)46(57)52-41(47(58)59)29-33-19-22-37(48-42)23-20-33/h1-20,22-23,27,38-41H,21,24-26,28-30H2,(H,48,53)(H,49,54)(H,50,55)(H,51,56)(H,52,57)(H,58,59)/t38-,39-,40+,41+/m1/s1. The van der Waals surface area contributed by atoms with E-state index in [4.69, 9.17) is 0 Å². The minimum Gasteiger partial charge on any atom is -0.480 e. The second-order valence-electron chi connectivity index (χ2n) is 14.6. The Labute approximate surface area is 342 Å². The number of hydrogen-bond donors (Lipinski definition) is 6. The van der Waals surface area contributed by atoms with Crippen LogP contribution in [0.25, 0.3) is 11.1 Å². The molecule has 0 radical (unpaired) electrons. The Kier molecular flexibility index (Phi) is 14.3. The number of carboxylic acid groups (broad SMARTS) is 1. The van der Waals surface area contributed by atoms with Gasteiger partial charge in [-0.05, 0) is 58.4 Å². The van der Waals surface area contributed by atoms with Gasteiger partial charge in [0.2, 0.25) is 29.5 Å². The molecule has 7 rings (SSSR count). The smallest absolute Gasteiger partial charge is 0.326 e. The number of rotatable bonds is 9. The van der Waals surface area contributed by atoms with Crippen molar-refractivity contribution in [2.45, 2.75) is 69.1 Å². The van der Waals surface area contributed by atoms with E-state index in [2.05, 4.69) is 26.6 Å². The number of carbonyl (C=O) groups excluding carboxylic acids is 5. The van der Waals surface area contributed by atoms with Gasteiger partial charge in [-0.25, -0.2) is 4.79 Å². The van der Waals surface area contributed by atoms with Gasteiger partial charge in [0.25, 0.3) is 0 Å². The van der Waals surface area contributed by atoms with Gasteiger partial charge in [-0.3, -0.25) is 24.0 Å². The van der Waals surface area contributed by atoms with Crippen molar-refractivity contribution in [1.29, 1.82) is 0 Å². The summed E-state index contributed by atoms with van der Waals surface area (Å²) in [6, 6.07) is 37.3. The van der Waals surface area contributed by atoms with Gasteiger partial charge in [-0.1, -0.05) is 127 Å². The molecule has 5 aromatic rings. The number of hydrogen-bond acceptors (Lipinski definition) is 6. The fraction of sp³-hybridized carbons (Fsp3) is 0.234. The van der Waals surface area contributed by atoms with E-state index in [0.29, 0.717) is 28.8 Å². The molecule has 12 nitrogen and oxygen atoms in total. The van der Waals surface area contributed by atoms with E-state index in [0.717, 1.165) is 16.7 Å². The molecule has 6 N–H and O–H groups in total. The van der Waals surface area contributed by atoms with E-state index in [1.807, 2.05) is 91.0 Å². The topological polar surface area (TPSA) is 183 Å². The van der Waals surface area contributed by atoms with Crippen molar-refractivity contribution < 1.29 is 33.9 Å². The van der Waals surface area contributed by atoms with Crippen LogP contribution in [0.1, 0.15) is 41.5 Å². The first kappa shape index (κ1) is 41.6. The first-order valence-electron chi connectivity index (χ1n) is 19.6. The molecular weight excluding hydrogens is 747 g/mol. The van der Waals surface area contributed by atoms with Gasteiger partial charge in [-0.2, -0.15) is 0 Å². The molecule has 0 saturated carbocycles. The maximum absolute atomic E-state index is 14.5. The number of aliphatic carboxylic acids is 1. The summed E-state index contributed by atoms with van der Waals surface area (Å²) in [5.74, 6) is -4.27. The highest BCUT2D eigenvalue weighted by Gasteiger charge is 2.32. The summed E-state index contributed by atoms with van der Waals surface area (Å²) >= 11 is 0. The zero-order chi connectivity index (χ0) is 41.6. The molecule has 2 heterocycles. The van der Waals surface area contributed by atoms with Crippen molar-refractivity contribution in [3.05, 3.63) is 162 Å². The van der Waals surface area contributed by atoms with Crippen molar-refractivity contribution in [3.63, 3.8) is 0 Å². The number of carboxylic acids is 1. The molecule has 5 aromatic carbocycles. The molecule has 302 valence electrons. The van der Waals surface area contributed by atoms with E-state index in [1.54, 1.807) is 48.5 Å². The predicted molar refractivity (Wildman–Crippen MR) is 224 cm³/mol. The van der Waals surface area contributed by atoms with Crippen LogP contribution in [0.5, 0.6) is 0 Å². The number of amides is 5. The monoisotopic (exact) mass is 793 g/mol. The first-order valence-corrected chi connectivity index (χ1v) is 19.6. The van der Waals surface area contributed by atoms with Crippen LogP contribution in [0.2, 0.25) is 0 Å². The van der Waals surface area contributed by atoms with Crippen molar-refractivity contribution >= 4 is 41.2 Å². The molecule has 2 aliphatic heterocycles. The molecule has 0 unspecified atom stereocenters. The lowest BCUT2D eigenvalue weighted by Crippen LogP contribution is -2.59. The normalized spacial score (nSPS) is 19.6. The lowest BCUT2D eigenvalue weighted by atomic mass is 9.98. The third-order valence-electron chi connectivity index (χ3n) is 10.1. The molecule has 0 spiro atoms. The molecule has 0 aromatic heterocycles. The summed E-state index contributed by atoms with van der Waals surface area (Å²) in [5, 5.41) is 24.0. The quantitative estimate of drug-likeness (QED) is 0.116. The van der Waals surface area contributed by atoms with Crippen LogP contribution in [0, 0.1) is 0 Å². The highest BCUT2D eigenvalue weighted by atomic mass is 16.4. The van der Waals surface area contributed by atoms with Gasteiger partial charge >= 0.3 is 5.97 Å². The molecule has 2 bridgehead atoms. The maximum Gasteiger partial charge on any atom is 0.326 e. The highest BCUT2D eigenvalue weighted by Crippen LogP contribution is 2.21. The van der Waals surface area contributed by atoms with Crippen LogP contribution in [0.4, 0.5) is 5.69 Å². The number of benzene rings is 5. The summed E-state index contributed by atoms with van der Waals surface area (Å²) < 4.78 is 0. The average molecular weight is 794 g/mol. The number of nitrogens with one attached hydrogen (secondary N) is 5. The SMILES string of the molecule is O=C1CCC(=O)N[C@H](CCc2ccccc2)C(=O)N[C@@H](Cc2cccc(-c3ccccc3)c2)C(=O)N[C@H](Cc2ccccc2)C(=O)N[C@H](C(=O)O)Cc2ccc(cc2)N1. The third-order valence-corrected chi connectivity index (χ3v) is 10.1. The Hall–Kier alpha value is -7.08. The Bertz CT molecular complexity index is 2230. The van der Waals surface area contributed by atoms with Gasteiger partial charge in [0.05, 0.1) is 0 Å². The molecule has 0 saturated heterocycles. The molecule has 12 heteroatoms. The van der Waals surface area contributed by atoms with Crippen LogP contribution in [0.15, 0.2) is 140 Å².